The van der Waals surface area contributed by atoms with Crippen molar-refractivity contribution in [2.75, 3.05) is 26.2 Å². The number of rotatable bonds is 4. The number of hydrogen-bond donors (Lipinski definition) is 0. The van der Waals surface area contributed by atoms with Gasteiger partial charge < -0.3 is 4.90 Å². The Morgan fingerprint density at radius 3 is 2.27 bits per heavy atom. The lowest BCUT2D eigenvalue weighted by Crippen LogP contribution is -2.49. The molecule has 0 aliphatic carbocycles. The highest BCUT2D eigenvalue weighted by atomic mass is 19.1. The molecule has 1 heterocycles. The van der Waals surface area contributed by atoms with E-state index in [2.05, 4.69) is 11.0 Å². The number of halogens is 1. The van der Waals surface area contributed by atoms with Crippen molar-refractivity contribution < 1.29 is 9.18 Å². The molecule has 4 nitrogen and oxygen atoms in total. The van der Waals surface area contributed by atoms with Gasteiger partial charge in [0.25, 0.3) is 0 Å². The molecule has 3 rings (SSSR count). The Bertz CT molecular complexity index is 788. The summed E-state index contributed by atoms with van der Waals surface area (Å²) >= 11 is 0. The highest BCUT2D eigenvalue weighted by Crippen LogP contribution is 2.22. The van der Waals surface area contributed by atoms with Crippen LogP contribution >= 0.6 is 0 Å². The number of piperazine rings is 1. The molecule has 1 atom stereocenters. The zero-order valence-electron chi connectivity index (χ0n) is 14.9. The van der Waals surface area contributed by atoms with Crippen LogP contribution < -0.4 is 0 Å². The van der Waals surface area contributed by atoms with Crippen LogP contribution in [-0.2, 0) is 11.2 Å². The van der Waals surface area contributed by atoms with Crippen molar-refractivity contribution >= 4 is 5.91 Å². The van der Waals surface area contributed by atoms with Crippen molar-refractivity contribution in [2.24, 2.45) is 0 Å². The number of amides is 1. The fraction of sp³-hybridized carbons (Fsp3) is 0.333. The Labute approximate surface area is 153 Å². The lowest BCUT2D eigenvalue weighted by atomic mass is 10.0. The van der Waals surface area contributed by atoms with E-state index < -0.39 is 0 Å². The Hall–Kier alpha value is -2.71. The average molecular weight is 351 g/mol. The summed E-state index contributed by atoms with van der Waals surface area (Å²) in [6, 6.07) is 16.2. The first-order valence-electron chi connectivity index (χ1n) is 8.79. The maximum atomic E-state index is 13.0. The van der Waals surface area contributed by atoms with E-state index in [1.807, 2.05) is 36.1 Å². The van der Waals surface area contributed by atoms with Gasteiger partial charge in [-0.15, -0.1) is 0 Å². The predicted octanol–water partition coefficient (Wildman–Crippen LogP) is 3.09. The van der Waals surface area contributed by atoms with Gasteiger partial charge in [-0.3, -0.25) is 9.69 Å². The molecule has 134 valence electrons. The van der Waals surface area contributed by atoms with Crippen LogP contribution in [0.2, 0.25) is 0 Å². The quantitative estimate of drug-likeness (QED) is 0.850. The van der Waals surface area contributed by atoms with Gasteiger partial charge in [-0.05, 0) is 30.2 Å². The third-order valence-electron chi connectivity index (χ3n) is 4.82. The van der Waals surface area contributed by atoms with Crippen molar-refractivity contribution in [3.63, 3.8) is 0 Å². The number of carbonyl (C=O) groups is 1. The minimum absolute atomic E-state index is 0.0418. The monoisotopic (exact) mass is 351 g/mol. The van der Waals surface area contributed by atoms with Gasteiger partial charge in [0.15, 0.2) is 0 Å². The molecule has 0 radical (unpaired) electrons. The number of hydrogen-bond acceptors (Lipinski definition) is 3. The molecule has 0 saturated carbocycles. The van der Waals surface area contributed by atoms with Crippen molar-refractivity contribution in [3.8, 4) is 6.07 Å². The number of nitriles is 1. The van der Waals surface area contributed by atoms with E-state index >= 15 is 0 Å². The molecule has 26 heavy (non-hydrogen) atoms. The molecule has 1 aliphatic rings. The Morgan fingerprint density at radius 1 is 1.08 bits per heavy atom. The lowest BCUT2D eigenvalue weighted by molar-refractivity contribution is -0.132. The summed E-state index contributed by atoms with van der Waals surface area (Å²) in [4.78, 5) is 16.4. The van der Waals surface area contributed by atoms with Crippen LogP contribution in [0.25, 0.3) is 0 Å². The minimum atomic E-state index is -0.298. The van der Waals surface area contributed by atoms with Gasteiger partial charge in [0.05, 0.1) is 12.5 Å². The summed E-state index contributed by atoms with van der Waals surface area (Å²) in [6.45, 7) is 4.56. The second-order valence-electron chi connectivity index (χ2n) is 6.66. The first-order chi connectivity index (χ1) is 12.6. The third-order valence-corrected chi connectivity index (χ3v) is 4.82. The van der Waals surface area contributed by atoms with Gasteiger partial charge in [0, 0.05) is 26.2 Å². The standard InChI is InChI=1S/C21H22FN3O/c1-16-2-6-18(7-3-16)20(15-23)24-10-12-25(13-11-24)21(26)14-17-4-8-19(22)9-5-17/h2-9,20H,10-14H2,1H3. The van der Waals surface area contributed by atoms with Gasteiger partial charge in [-0.25, -0.2) is 4.39 Å². The molecule has 1 saturated heterocycles. The highest BCUT2D eigenvalue weighted by Gasteiger charge is 2.27. The van der Waals surface area contributed by atoms with Gasteiger partial charge in [0.1, 0.15) is 11.9 Å². The number of aryl methyl sites for hydroxylation is 1. The third kappa shape index (κ3) is 4.27. The second kappa shape index (κ2) is 8.11. The molecule has 1 amide bonds. The minimum Gasteiger partial charge on any atom is -0.340 e. The maximum Gasteiger partial charge on any atom is 0.227 e. The molecular weight excluding hydrogens is 329 g/mol. The predicted molar refractivity (Wildman–Crippen MR) is 97.8 cm³/mol. The molecule has 5 heteroatoms. The van der Waals surface area contributed by atoms with E-state index in [0.717, 1.165) is 11.1 Å². The molecule has 1 unspecified atom stereocenters. The van der Waals surface area contributed by atoms with Gasteiger partial charge in [0.2, 0.25) is 5.91 Å². The van der Waals surface area contributed by atoms with E-state index in [1.54, 1.807) is 12.1 Å². The SMILES string of the molecule is Cc1ccc(C(C#N)N2CCN(C(=O)Cc3ccc(F)cc3)CC2)cc1. The molecule has 0 spiro atoms. The van der Waals surface area contributed by atoms with Gasteiger partial charge >= 0.3 is 0 Å². The van der Waals surface area contributed by atoms with E-state index in [1.165, 1.54) is 17.7 Å². The number of nitrogens with zero attached hydrogens (tertiary/aromatic N) is 3. The van der Waals surface area contributed by atoms with Crippen molar-refractivity contribution in [1.29, 1.82) is 5.26 Å². The number of carbonyl (C=O) groups excluding carboxylic acids is 1. The fourth-order valence-corrected chi connectivity index (χ4v) is 3.23. The second-order valence-corrected chi connectivity index (χ2v) is 6.66. The largest absolute Gasteiger partial charge is 0.340 e. The molecule has 0 N–H and O–H groups in total. The normalized spacial score (nSPS) is 16.1. The maximum absolute atomic E-state index is 13.0. The molecule has 1 fully saturated rings. The smallest absolute Gasteiger partial charge is 0.227 e. The van der Waals surface area contributed by atoms with E-state index in [0.29, 0.717) is 26.2 Å². The van der Waals surface area contributed by atoms with Gasteiger partial charge in [-0.1, -0.05) is 42.0 Å². The zero-order valence-corrected chi connectivity index (χ0v) is 14.9. The Kier molecular flexibility index (Phi) is 5.65. The van der Waals surface area contributed by atoms with E-state index in [9.17, 15) is 14.4 Å². The van der Waals surface area contributed by atoms with Crippen LogP contribution in [0.4, 0.5) is 4.39 Å². The van der Waals surface area contributed by atoms with Crippen LogP contribution in [0, 0.1) is 24.1 Å². The fourth-order valence-electron chi connectivity index (χ4n) is 3.23. The summed E-state index contributed by atoms with van der Waals surface area (Å²) < 4.78 is 13.0. The average Bonchev–Trinajstić information content (AvgIpc) is 2.66. The van der Waals surface area contributed by atoms with Crippen molar-refractivity contribution in [1.82, 2.24) is 9.80 Å². The van der Waals surface area contributed by atoms with Crippen LogP contribution in [0.3, 0.4) is 0 Å². The van der Waals surface area contributed by atoms with Gasteiger partial charge in [-0.2, -0.15) is 5.26 Å². The first kappa shape index (κ1) is 18.1. The summed E-state index contributed by atoms with van der Waals surface area (Å²) in [5, 5.41) is 9.59. The molecule has 1 aliphatic heterocycles. The summed E-state index contributed by atoms with van der Waals surface area (Å²) in [6.07, 6.45) is 0.278. The Balaban J connectivity index is 1.57. The van der Waals surface area contributed by atoms with E-state index in [4.69, 9.17) is 0 Å². The van der Waals surface area contributed by atoms with Crippen molar-refractivity contribution in [3.05, 3.63) is 71.0 Å². The van der Waals surface area contributed by atoms with Crippen LogP contribution in [0.1, 0.15) is 22.7 Å². The topological polar surface area (TPSA) is 47.3 Å². The summed E-state index contributed by atoms with van der Waals surface area (Å²) in [5.74, 6) is -0.256. The first-order valence-corrected chi connectivity index (χ1v) is 8.79. The van der Waals surface area contributed by atoms with Crippen LogP contribution in [0.15, 0.2) is 48.5 Å². The molecule has 2 aromatic carbocycles. The summed E-state index contributed by atoms with van der Waals surface area (Å²) in [7, 11) is 0. The zero-order chi connectivity index (χ0) is 18.5. The van der Waals surface area contributed by atoms with E-state index in [-0.39, 0.29) is 24.2 Å². The van der Waals surface area contributed by atoms with Crippen LogP contribution in [0.5, 0.6) is 0 Å². The van der Waals surface area contributed by atoms with Crippen molar-refractivity contribution in [2.45, 2.75) is 19.4 Å². The molecule has 0 aromatic heterocycles. The molecule has 0 bridgehead atoms. The Morgan fingerprint density at radius 2 is 1.69 bits per heavy atom. The van der Waals surface area contributed by atoms with Crippen LogP contribution in [-0.4, -0.2) is 41.9 Å². The lowest BCUT2D eigenvalue weighted by Gasteiger charge is -2.37. The molecular formula is C21H22FN3O. The summed E-state index contributed by atoms with van der Waals surface area (Å²) in [5.41, 5.74) is 2.97. The highest BCUT2D eigenvalue weighted by molar-refractivity contribution is 5.78. The molecule has 2 aromatic rings. The number of benzene rings is 2.